The van der Waals surface area contributed by atoms with Crippen molar-refractivity contribution in [3.05, 3.63) is 76.7 Å². The number of hydrogen-bond acceptors (Lipinski definition) is 3. The first-order valence-electron chi connectivity index (χ1n) is 8.42. The Morgan fingerprint density at radius 3 is 2.48 bits per heavy atom. The molecule has 4 rings (SSSR count). The highest BCUT2D eigenvalue weighted by molar-refractivity contribution is 5.95. The molecule has 0 bridgehead atoms. The van der Waals surface area contributed by atoms with Gasteiger partial charge in [0.1, 0.15) is 11.6 Å². The number of rotatable bonds is 3. The number of carboxylic acids is 1. The molecular weight excluding hydrogens is 349 g/mol. The van der Waals surface area contributed by atoms with E-state index >= 15 is 0 Å². The molecular formula is C20H16FN3O3. The summed E-state index contributed by atoms with van der Waals surface area (Å²) in [7, 11) is 0. The Morgan fingerprint density at radius 2 is 1.85 bits per heavy atom. The van der Waals surface area contributed by atoms with Gasteiger partial charge in [-0.2, -0.15) is 5.10 Å². The van der Waals surface area contributed by atoms with E-state index in [0.29, 0.717) is 11.5 Å². The number of carbonyl (C=O) groups excluding carboxylic acids is 1. The first-order chi connectivity index (χ1) is 12.9. The summed E-state index contributed by atoms with van der Waals surface area (Å²) < 4.78 is 14.8. The van der Waals surface area contributed by atoms with Crippen LogP contribution in [0.25, 0.3) is 5.69 Å². The minimum absolute atomic E-state index is 0.155. The Labute approximate surface area is 154 Å². The fourth-order valence-corrected chi connectivity index (χ4v) is 3.46. The van der Waals surface area contributed by atoms with Gasteiger partial charge in [0.15, 0.2) is 0 Å². The fourth-order valence-electron chi connectivity index (χ4n) is 3.46. The molecule has 2 N–H and O–H groups in total. The molecule has 1 aliphatic rings. The minimum atomic E-state index is -0.996. The standard InChI is InChI=1S/C20H16FN3O3/c1-11-18-16(12-2-4-13(5-3-12)20(26)27)10-17(25)22-19(18)24(23-11)15-8-6-14(21)7-9-15/h2-9,16H,10H2,1H3,(H,22,25)(H,26,27). The molecule has 1 atom stereocenters. The van der Waals surface area contributed by atoms with Crippen molar-refractivity contribution in [1.82, 2.24) is 9.78 Å². The van der Waals surface area contributed by atoms with Crippen LogP contribution >= 0.6 is 0 Å². The van der Waals surface area contributed by atoms with E-state index in [4.69, 9.17) is 5.11 Å². The molecule has 0 saturated heterocycles. The van der Waals surface area contributed by atoms with Gasteiger partial charge in [0, 0.05) is 17.9 Å². The zero-order valence-electron chi connectivity index (χ0n) is 14.4. The molecule has 1 aromatic heterocycles. The van der Waals surface area contributed by atoms with Crippen LogP contribution in [0.2, 0.25) is 0 Å². The monoisotopic (exact) mass is 365 g/mol. The first kappa shape index (κ1) is 17.0. The number of anilines is 1. The SMILES string of the molecule is Cc1nn(-c2ccc(F)cc2)c2c1C(c1ccc(C(=O)O)cc1)CC(=O)N2. The molecule has 1 amide bonds. The lowest BCUT2D eigenvalue weighted by atomic mass is 9.85. The lowest BCUT2D eigenvalue weighted by Gasteiger charge is -2.24. The summed E-state index contributed by atoms with van der Waals surface area (Å²) in [6.45, 7) is 1.86. The lowest BCUT2D eigenvalue weighted by Crippen LogP contribution is -2.25. The Kier molecular flexibility index (Phi) is 3.99. The lowest BCUT2D eigenvalue weighted by molar-refractivity contribution is -0.116. The van der Waals surface area contributed by atoms with E-state index in [2.05, 4.69) is 10.4 Å². The van der Waals surface area contributed by atoms with Gasteiger partial charge in [-0.3, -0.25) is 4.79 Å². The summed E-state index contributed by atoms with van der Waals surface area (Å²) in [5, 5.41) is 16.5. The van der Waals surface area contributed by atoms with Crippen LogP contribution in [-0.2, 0) is 4.79 Å². The molecule has 6 nitrogen and oxygen atoms in total. The average Bonchev–Trinajstić information content (AvgIpc) is 2.98. The average molecular weight is 365 g/mol. The van der Waals surface area contributed by atoms with E-state index in [-0.39, 0.29) is 29.6 Å². The van der Waals surface area contributed by atoms with E-state index < -0.39 is 5.97 Å². The number of nitrogens with zero attached hydrogens (tertiary/aromatic N) is 2. The fraction of sp³-hybridized carbons (Fsp3) is 0.150. The Morgan fingerprint density at radius 1 is 1.19 bits per heavy atom. The third-order valence-corrected chi connectivity index (χ3v) is 4.73. The van der Waals surface area contributed by atoms with Crippen LogP contribution in [0.5, 0.6) is 0 Å². The van der Waals surface area contributed by atoms with Gasteiger partial charge in [-0.05, 0) is 48.9 Å². The van der Waals surface area contributed by atoms with Gasteiger partial charge < -0.3 is 10.4 Å². The number of halogens is 1. The van der Waals surface area contributed by atoms with Crippen LogP contribution in [0.4, 0.5) is 10.2 Å². The molecule has 136 valence electrons. The van der Waals surface area contributed by atoms with Gasteiger partial charge in [-0.25, -0.2) is 13.9 Å². The second-order valence-corrected chi connectivity index (χ2v) is 6.47. The Balaban J connectivity index is 1.81. The number of benzene rings is 2. The molecule has 0 saturated carbocycles. The highest BCUT2D eigenvalue weighted by atomic mass is 19.1. The van der Waals surface area contributed by atoms with Crippen molar-refractivity contribution >= 4 is 17.7 Å². The number of carbonyl (C=O) groups is 2. The van der Waals surface area contributed by atoms with Gasteiger partial charge in [0.05, 0.1) is 16.9 Å². The third kappa shape index (κ3) is 2.97. The maximum Gasteiger partial charge on any atom is 0.335 e. The molecule has 2 aromatic carbocycles. The molecule has 0 radical (unpaired) electrons. The number of hydrogen-bond donors (Lipinski definition) is 2. The molecule has 7 heteroatoms. The van der Waals surface area contributed by atoms with E-state index in [0.717, 1.165) is 16.8 Å². The minimum Gasteiger partial charge on any atom is -0.478 e. The predicted molar refractivity (Wildman–Crippen MR) is 96.8 cm³/mol. The predicted octanol–water partition coefficient (Wildman–Crippen LogP) is 3.49. The Hall–Kier alpha value is -3.48. The highest BCUT2D eigenvalue weighted by Gasteiger charge is 2.32. The molecule has 1 unspecified atom stereocenters. The number of nitrogens with one attached hydrogen (secondary N) is 1. The van der Waals surface area contributed by atoms with Gasteiger partial charge >= 0.3 is 5.97 Å². The molecule has 0 spiro atoms. The second kappa shape index (κ2) is 6.35. The molecule has 0 aliphatic carbocycles. The topological polar surface area (TPSA) is 84.2 Å². The van der Waals surface area contributed by atoms with Gasteiger partial charge in [-0.1, -0.05) is 12.1 Å². The van der Waals surface area contributed by atoms with Crippen molar-refractivity contribution in [2.75, 3.05) is 5.32 Å². The summed E-state index contributed by atoms with van der Waals surface area (Å²) >= 11 is 0. The van der Waals surface area contributed by atoms with Crippen LogP contribution < -0.4 is 5.32 Å². The zero-order valence-corrected chi connectivity index (χ0v) is 14.4. The maximum atomic E-state index is 13.2. The van der Waals surface area contributed by atoms with Crippen molar-refractivity contribution in [1.29, 1.82) is 0 Å². The maximum absolute atomic E-state index is 13.2. The van der Waals surface area contributed by atoms with Crippen molar-refractivity contribution in [2.45, 2.75) is 19.3 Å². The molecule has 1 aliphatic heterocycles. The smallest absolute Gasteiger partial charge is 0.335 e. The molecule has 27 heavy (non-hydrogen) atoms. The van der Waals surface area contributed by atoms with Crippen molar-refractivity contribution < 1.29 is 19.1 Å². The van der Waals surface area contributed by atoms with Gasteiger partial charge in [0.2, 0.25) is 5.91 Å². The normalized spacial score (nSPS) is 15.9. The van der Waals surface area contributed by atoms with Crippen LogP contribution in [0.15, 0.2) is 48.5 Å². The summed E-state index contributed by atoms with van der Waals surface area (Å²) in [4.78, 5) is 23.4. The second-order valence-electron chi connectivity index (χ2n) is 6.47. The number of aromatic carboxylic acids is 1. The van der Waals surface area contributed by atoms with Crippen molar-refractivity contribution in [2.24, 2.45) is 0 Å². The quantitative estimate of drug-likeness (QED) is 0.744. The first-order valence-corrected chi connectivity index (χ1v) is 8.42. The van der Waals surface area contributed by atoms with Crippen LogP contribution in [0, 0.1) is 12.7 Å². The number of aryl methyl sites for hydroxylation is 1. The van der Waals surface area contributed by atoms with Crippen molar-refractivity contribution in [3.63, 3.8) is 0 Å². The van der Waals surface area contributed by atoms with Crippen LogP contribution in [0.1, 0.15) is 39.5 Å². The molecule has 2 heterocycles. The summed E-state index contributed by atoms with van der Waals surface area (Å²) in [6.07, 6.45) is 0.245. The third-order valence-electron chi connectivity index (χ3n) is 4.73. The number of amides is 1. The van der Waals surface area contributed by atoms with Crippen LogP contribution in [-0.4, -0.2) is 26.8 Å². The summed E-state index contributed by atoms with van der Waals surface area (Å²) in [5.41, 5.74) is 3.31. The summed E-state index contributed by atoms with van der Waals surface area (Å²) in [5.74, 6) is -1.17. The van der Waals surface area contributed by atoms with Gasteiger partial charge in [0.25, 0.3) is 0 Å². The number of carboxylic acid groups (broad SMARTS) is 1. The zero-order chi connectivity index (χ0) is 19.1. The number of aromatic nitrogens is 2. The van der Waals surface area contributed by atoms with E-state index in [1.54, 1.807) is 28.9 Å². The van der Waals surface area contributed by atoms with Crippen LogP contribution in [0.3, 0.4) is 0 Å². The summed E-state index contributed by atoms with van der Waals surface area (Å²) in [6, 6.07) is 12.4. The van der Waals surface area contributed by atoms with Gasteiger partial charge in [-0.15, -0.1) is 0 Å². The largest absolute Gasteiger partial charge is 0.478 e. The van der Waals surface area contributed by atoms with E-state index in [1.165, 1.54) is 24.3 Å². The van der Waals surface area contributed by atoms with E-state index in [1.807, 2.05) is 6.92 Å². The Bertz CT molecular complexity index is 1040. The van der Waals surface area contributed by atoms with E-state index in [9.17, 15) is 14.0 Å². The van der Waals surface area contributed by atoms with Crippen molar-refractivity contribution in [3.8, 4) is 5.69 Å². The number of fused-ring (bicyclic) bond motifs is 1. The molecule has 3 aromatic rings. The molecule has 0 fully saturated rings. The highest BCUT2D eigenvalue weighted by Crippen LogP contribution is 2.40.